The average Bonchev–Trinajstić information content (AvgIpc) is 3.22. The summed E-state index contributed by atoms with van der Waals surface area (Å²) < 4.78 is 4.65. The van der Waals surface area contributed by atoms with Crippen molar-refractivity contribution in [2.45, 2.75) is 30.4 Å². The quantitative estimate of drug-likeness (QED) is 0.520. The normalized spacial score (nSPS) is 10.8. The van der Waals surface area contributed by atoms with Gasteiger partial charge in [-0.25, -0.2) is 0 Å². The third kappa shape index (κ3) is 4.16. The molecule has 0 fully saturated rings. The van der Waals surface area contributed by atoms with Crippen molar-refractivity contribution in [3.8, 4) is 0 Å². The fourth-order valence-corrected chi connectivity index (χ4v) is 4.37. The molecule has 0 radical (unpaired) electrons. The molecule has 0 saturated heterocycles. The fourth-order valence-electron chi connectivity index (χ4n) is 2.03. The lowest BCUT2D eigenvalue weighted by Gasteiger charge is -2.00. The molecule has 0 atom stereocenters. The molecule has 0 bridgehead atoms. The molecule has 0 unspecified atom stereocenters. The zero-order valence-electron chi connectivity index (χ0n) is 13.1. The number of rotatable bonds is 6. The minimum absolute atomic E-state index is 0.228. The van der Waals surface area contributed by atoms with Crippen LogP contribution in [0.3, 0.4) is 0 Å². The van der Waals surface area contributed by atoms with Gasteiger partial charge in [-0.2, -0.15) is 0 Å². The van der Waals surface area contributed by atoms with Crippen LogP contribution >= 0.6 is 34.6 Å². The number of anilines is 1. The summed E-state index contributed by atoms with van der Waals surface area (Å²) in [4.78, 5) is 12.8. The van der Waals surface area contributed by atoms with E-state index in [0.717, 1.165) is 21.6 Å². The Morgan fingerprint density at radius 1 is 1.29 bits per heavy atom. The summed E-state index contributed by atoms with van der Waals surface area (Å²) >= 11 is 4.07. The summed E-state index contributed by atoms with van der Waals surface area (Å²) in [7, 11) is 0. The Morgan fingerprint density at radius 2 is 2.17 bits per heavy atom. The maximum atomic E-state index is 12.2. The maximum absolute atomic E-state index is 12.2. The summed E-state index contributed by atoms with van der Waals surface area (Å²) in [6.07, 6.45) is 0.674. The van der Waals surface area contributed by atoms with E-state index in [2.05, 4.69) is 50.2 Å². The van der Waals surface area contributed by atoms with Crippen molar-refractivity contribution in [3.63, 3.8) is 0 Å². The van der Waals surface area contributed by atoms with Gasteiger partial charge in [-0.15, -0.1) is 15.3 Å². The molecule has 6 nitrogen and oxygen atoms in total. The number of nitrogens with zero attached hydrogens (tertiary/aromatic N) is 4. The fraction of sp³-hybridized carbons (Fsp3) is 0.267. The third-order valence-electron chi connectivity index (χ3n) is 3.17. The Morgan fingerprint density at radius 3 is 2.96 bits per heavy atom. The smallest absolute Gasteiger partial charge is 0.271 e. The van der Waals surface area contributed by atoms with Gasteiger partial charge in [-0.3, -0.25) is 10.1 Å². The summed E-state index contributed by atoms with van der Waals surface area (Å²) in [6.45, 7) is 4.02. The average molecular weight is 378 g/mol. The topological polar surface area (TPSA) is 80.7 Å². The lowest BCUT2D eigenvalue weighted by molar-refractivity contribution is 0.102. The zero-order valence-corrected chi connectivity index (χ0v) is 15.6. The van der Waals surface area contributed by atoms with E-state index in [4.69, 9.17) is 0 Å². The van der Waals surface area contributed by atoms with E-state index in [1.165, 1.54) is 22.5 Å². The molecule has 9 heteroatoms. The first kappa shape index (κ1) is 17.0. The van der Waals surface area contributed by atoms with Crippen LogP contribution in [0.1, 0.15) is 33.4 Å². The van der Waals surface area contributed by atoms with Crippen LogP contribution < -0.4 is 5.32 Å². The molecule has 2 heterocycles. The molecule has 0 aliphatic heterocycles. The van der Waals surface area contributed by atoms with Crippen LogP contribution in [0, 0.1) is 6.92 Å². The molecular formula is C15H15N5OS3. The summed E-state index contributed by atoms with van der Waals surface area (Å²) in [5, 5.41) is 15.4. The van der Waals surface area contributed by atoms with Gasteiger partial charge in [0.2, 0.25) is 5.13 Å². The van der Waals surface area contributed by atoms with Crippen LogP contribution in [-0.2, 0) is 12.2 Å². The molecule has 0 aliphatic rings. The van der Waals surface area contributed by atoms with Crippen molar-refractivity contribution in [2.24, 2.45) is 0 Å². The summed E-state index contributed by atoms with van der Waals surface area (Å²) in [6, 6.07) is 8.36. The number of benzene rings is 1. The molecule has 3 aromatic rings. The molecule has 1 aromatic carbocycles. The third-order valence-corrected chi connectivity index (χ3v) is 5.98. The van der Waals surface area contributed by atoms with Gasteiger partial charge in [-0.1, -0.05) is 64.3 Å². The molecule has 124 valence electrons. The molecule has 24 heavy (non-hydrogen) atoms. The van der Waals surface area contributed by atoms with Crippen molar-refractivity contribution in [1.82, 2.24) is 19.8 Å². The summed E-state index contributed by atoms with van der Waals surface area (Å²) in [5.41, 5.74) is 3.18. The van der Waals surface area contributed by atoms with Crippen molar-refractivity contribution < 1.29 is 4.79 Å². The van der Waals surface area contributed by atoms with E-state index < -0.39 is 0 Å². The largest absolute Gasteiger partial charge is 0.296 e. The highest BCUT2D eigenvalue weighted by molar-refractivity contribution is 8.00. The minimum atomic E-state index is -0.228. The predicted octanol–water partition coefficient (Wildman–Crippen LogP) is 3.81. The number of amides is 1. The lowest BCUT2D eigenvalue weighted by atomic mass is 10.2. The number of carbonyl (C=O) groups excluding carboxylic acids is 1. The number of aryl methyl sites for hydroxylation is 2. The number of nitrogens with one attached hydrogen (secondary N) is 1. The van der Waals surface area contributed by atoms with Gasteiger partial charge in [0.05, 0.1) is 5.69 Å². The van der Waals surface area contributed by atoms with Crippen LogP contribution in [0.25, 0.3) is 0 Å². The van der Waals surface area contributed by atoms with E-state index in [1.807, 2.05) is 13.0 Å². The predicted molar refractivity (Wildman–Crippen MR) is 97.9 cm³/mol. The first-order chi connectivity index (χ1) is 11.7. The van der Waals surface area contributed by atoms with Gasteiger partial charge in [0.1, 0.15) is 4.88 Å². The molecule has 2 aromatic heterocycles. The van der Waals surface area contributed by atoms with Gasteiger partial charge >= 0.3 is 0 Å². The van der Waals surface area contributed by atoms with Crippen molar-refractivity contribution in [1.29, 1.82) is 0 Å². The Labute approximate surface area is 151 Å². The second kappa shape index (κ2) is 7.82. The Bertz CT molecular complexity index is 845. The van der Waals surface area contributed by atoms with E-state index in [0.29, 0.717) is 22.1 Å². The first-order valence-electron chi connectivity index (χ1n) is 7.30. The second-order valence-corrected chi connectivity index (χ2v) is 7.96. The van der Waals surface area contributed by atoms with Crippen LogP contribution in [-0.4, -0.2) is 25.7 Å². The molecule has 0 saturated carbocycles. The van der Waals surface area contributed by atoms with Gasteiger partial charge in [-0.05, 0) is 30.4 Å². The monoisotopic (exact) mass is 377 g/mol. The molecular weight excluding hydrogens is 362 g/mol. The first-order valence-corrected chi connectivity index (χ1v) is 9.87. The van der Waals surface area contributed by atoms with Crippen molar-refractivity contribution in [2.75, 3.05) is 5.32 Å². The Kier molecular flexibility index (Phi) is 5.54. The molecule has 3 rings (SSSR count). The number of hydrogen-bond acceptors (Lipinski definition) is 8. The van der Waals surface area contributed by atoms with Crippen molar-refractivity contribution >= 4 is 45.7 Å². The van der Waals surface area contributed by atoms with E-state index >= 15 is 0 Å². The number of aromatic nitrogens is 4. The number of hydrogen-bond donors (Lipinski definition) is 1. The Hall–Kier alpha value is -1.84. The zero-order chi connectivity index (χ0) is 16.9. The Balaban J connectivity index is 1.60. The van der Waals surface area contributed by atoms with Gasteiger partial charge < -0.3 is 0 Å². The van der Waals surface area contributed by atoms with E-state index in [9.17, 15) is 4.79 Å². The highest BCUT2D eigenvalue weighted by Crippen LogP contribution is 2.29. The standard InChI is InChI=1S/C15H15N5OS3/c1-3-11-12(24-20-17-11)13(21)16-14-18-19-15(23-14)22-8-10-6-4-5-9(2)7-10/h4-7H,3,8H2,1-2H3,(H,16,18,21). The molecule has 0 spiro atoms. The van der Waals surface area contributed by atoms with Crippen LogP contribution in [0.4, 0.5) is 5.13 Å². The number of carbonyl (C=O) groups is 1. The van der Waals surface area contributed by atoms with Gasteiger partial charge in [0.15, 0.2) is 4.34 Å². The molecule has 0 aliphatic carbocycles. The van der Waals surface area contributed by atoms with Gasteiger partial charge in [0, 0.05) is 5.75 Å². The molecule has 1 amide bonds. The van der Waals surface area contributed by atoms with Gasteiger partial charge in [0.25, 0.3) is 5.91 Å². The van der Waals surface area contributed by atoms with Crippen molar-refractivity contribution in [3.05, 3.63) is 46.0 Å². The minimum Gasteiger partial charge on any atom is -0.296 e. The SMILES string of the molecule is CCc1nnsc1C(=O)Nc1nnc(SCc2cccc(C)c2)s1. The summed E-state index contributed by atoms with van der Waals surface area (Å²) in [5.74, 6) is 0.594. The van der Waals surface area contributed by atoms with E-state index in [1.54, 1.807) is 11.8 Å². The highest BCUT2D eigenvalue weighted by Gasteiger charge is 2.17. The maximum Gasteiger partial charge on any atom is 0.271 e. The lowest BCUT2D eigenvalue weighted by Crippen LogP contribution is -2.12. The highest BCUT2D eigenvalue weighted by atomic mass is 32.2. The van der Waals surface area contributed by atoms with Crippen LogP contribution in [0.2, 0.25) is 0 Å². The second-order valence-electron chi connectivity index (χ2n) is 5.01. The molecule has 1 N–H and O–H groups in total. The van der Waals surface area contributed by atoms with E-state index in [-0.39, 0.29) is 5.91 Å². The van der Waals surface area contributed by atoms with Crippen LogP contribution in [0.15, 0.2) is 28.6 Å². The number of thioether (sulfide) groups is 1. The van der Waals surface area contributed by atoms with Crippen LogP contribution in [0.5, 0.6) is 0 Å².